The summed E-state index contributed by atoms with van der Waals surface area (Å²) < 4.78 is 0. The van der Waals surface area contributed by atoms with Crippen LogP contribution in [-0.2, 0) is 19.9 Å². The maximum absolute atomic E-state index is 13.5. The molecule has 0 aromatic heterocycles. The second-order valence-electron chi connectivity index (χ2n) is 8.48. The Morgan fingerprint density at radius 1 is 1.17 bits per heavy atom. The van der Waals surface area contributed by atoms with E-state index in [1.54, 1.807) is 11.8 Å². The van der Waals surface area contributed by atoms with Crippen molar-refractivity contribution in [3.05, 3.63) is 28.8 Å². The van der Waals surface area contributed by atoms with E-state index in [0.29, 0.717) is 6.54 Å². The van der Waals surface area contributed by atoms with Gasteiger partial charge in [-0.25, -0.2) is 0 Å². The average molecular weight is 416 g/mol. The van der Waals surface area contributed by atoms with Gasteiger partial charge in [-0.1, -0.05) is 31.0 Å². The number of imide groups is 1. The lowest BCUT2D eigenvalue weighted by Gasteiger charge is -2.30. The number of anilines is 1. The molecule has 4 atom stereocenters. The van der Waals surface area contributed by atoms with Crippen LogP contribution in [0, 0.1) is 25.7 Å². The van der Waals surface area contributed by atoms with Gasteiger partial charge in [-0.2, -0.15) is 11.8 Å². The van der Waals surface area contributed by atoms with E-state index in [1.807, 2.05) is 39.2 Å². The van der Waals surface area contributed by atoms with Crippen molar-refractivity contribution in [2.24, 2.45) is 11.8 Å². The Hall–Kier alpha value is -1.86. The number of rotatable bonds is 6. The number of carbonyl (C=O) groups excluding carboxylic acids is 3. The van der Waals surface area contributed by atoms with E-state index in [-0.39, 0.29) is 23.8 Å². The molecule has 2 saturated heterocycles. The third kappa shape index (κ3) is 2.85. The minimum absolute atomic E-state index is 0.116. The van der Waals surface area contributed by atoms with E-state index in [9.17, 15) is 14.4 Å². The van der Waals surface area contributed by atoms with Gasteiger partial charge in [-0.3, -0.25) is 24.6 Å². The van der Waals surface area contributed by atoms with Crippen molar-refractivity contribution >= 4 is 35.2 Å². The van der Waals surface area contributed by atoms with Gasteiger partial charge in [0.25, 0.3) is 0 Å². The molecule has 3 aliphatic heterocycles. The number of hydrogen-bond acceptors (Lipinski definition) is 5. The number of hydrogen-bond donors (Lipinski definition) is 2. The molecule has 7 heteroatoms. The predicted octanol–water partition coefficient (Wildman–Crippen LogP) is 2.58. The Kier molecular flexibility index (Phi) is 5.23. The summed E-state index contributed by atoms with van der Waals surface area (Å²) in [6, 6.07) is 3.84. The molecule has 3 aliphatic rings. The Balaban J connectivity index is 1.84. The summed E-state index contributed by atoms with van der Waals surface area (Å²) in [5.74, 6) is -0.815. The zero-order valence-corrected chi connectivity index (χ0v) is 18.3. The summed E-state index contributed by atoms with van der Waals surface area (Å²) in [5, 5.41) is 6.53. The first kappa shape index (κ1) is 20.4. The highest BCUT2D eigenvalue weighted by Gasteiger charge is 2.70. The Labute approximate surface area is 176 Å². The molecule has 29 heavy (non-hydrogen) atoms. The number of nitrogens with zero attached hydrogens (tertiary/aromatic N) is 1. The number of fused-ring (bicyclic) bond motifs is 4. The highest BCUT2D eigenvalue weighted by molar-refractivity contribution is 7.98. The Morgan fingerprint density at radius 3 is 2.62 bits per heavy atom. The van der Waals surface area contributed by atoms with E-state index >= 15 is 0 Å². The van der Waals surface area contributed by atoms with E-state index in [0.717, 1.165) is 47.4 Å². The highest BCUT2D eigenvalue weighted by Crippen LogP contribution is 2.54. The van der Waals surface area contributed by atoms with Crippen LogP contribution in [0.15, 0.2) is 12.1 Å². The molecular formula is C22H29N3O3S. The maximum Gasteiger partial charge on any atom is 0.250 e. The zero-order valence-electron chi connectivity index (χ0n) is 17.5. The third-order valence-corrected chi connectivity index (χ3v) is 7.27. The molecule has 1 aromatic carbocycles. The normalized spacial score (nSPS) is 30.3. The lowest BCUT2D eigenvalue weighted by atomic mass is 9.76. The van der Waals surface area contributed by atoms with Gasteiger partial charge in [-0.15, -0.1) is 0 Å². The van der Waals surface area contributed by atoms with Crippen LogP contribution in [-0.4, -0.2) is 47.2 Å². The lowest BCUT2D eigenvalue weighted by molar-refractivity contribution is -0.142. The number of unbranched alkanes of at least 4 members (excludes halogenated alkanes) is 1. The lowest BCUT2D eigenvalue weighted by Crippen LogP contribution is -2.53. The van der Waals surface area contributed by atoms with Crippen LogP contribution < -0.4 is 10.6 Å². The fraction of sp³-hybridized carbons (Fsp3) is 0.591. The molecule has 4 unspecified atom stereocenters. The number of likely N-dealkylation sites (tertiary alicyclic amines) is 1. The highest BCUT2D eigenvalue weighted by atomic mass is 32.2. The van der Waals surface area contributed by atoms with Crippen molar-refractivity contribution in [3.8, 4) is 0 Å². The zero-order chi connectivity index (χ0) is 20.9. The second kappa shape index (κ2) is 7.43. The third-order valence-electron chi connectivity index (χ3n) is 6.63. The van der Waals surface area contributed by atoms with Gasteiger partial charge in [0, 0.05) is 23.8 Å². The standard InChI is InChI=1S/C22H29N3O3S/c1-5-6-8-25-19(26)16-15(7-9-29-4)24-22(17(16)20(25)27)14-11-12(2)10-13(3)18(14)23-21(22)28/h10-11,15-17,24H,5-9H2,1-4H3,(H,23,28). The summed E-state index contributed by atoms with van der Waals surface area (Å²) in [7, 11) is 0. The second-order valence-corrected chi connectivity index (χ2v) is 9.47. The van der Waals surface area contributed by atoms with Gasteiger partial charge >= 0.3 is 0 Å². The summed E-state index contributed by atoms with van der Waals surface area (Å²) >= 11 is 1.71. The van der Waals surface area contributed by atoms with Gasteiger partial charge < -0.3 is 5.32 Å². The predicted molar refractivity (Wildman–Crippen MR) is 115 cm³/mol. The Morgan fingerprint density at radius 2 is 1.93 bits per heavy atom. The molecule has 2 N–H and O–H groups in total. The average Bonchev–Trinajstić information content (AvgIpc) is 3.25. The molecule has 1 aromatic rings. The molecule has 0 aliphatic carbocycles. The van der Waals surface area contributed by atoms with Crippen molar-refractivity contribution in [3.63, 3.8) is 0 Å². The molecule has 0 bridgehead atoms. The SMILES string of the molecule is CCCCN1C(=O)C2C(CCSC)NC3(C(=O)Nc4c(C)cc(C)cc43)C2C1=O. The van der Waals surface area contributed by atoms with Crippen LogP contribution in [0.4, 0.5) is 5.69 Å². The van der Waals surface area contributed by atoms with Crippen molar-refractivity contribution in [1.82, 2.24) is 10.2 Å². The first-order valence-electron chi connectivity index (χ1n) is 10.4. The molecular weight excluding hydrogens is 386 g/mol. The molecule has 2 fully saturated rings. The van der Waals surface area contributed by atoms with E-state index < -0.39 is 17.4 Å². The molecule has 4 rings (SSSR count). The molecule has 156 valence electrons. The van der Waals surface area contributed by atoms with Crippen LogP contribution in [0.3, 0.4) is 0 Å². The largest absolute Gasteiger partial charge is 0.324 e. The molecule has 3 amide bonds. The van der Waals surface area contributed by atoms with Crippen molar-refractivity contribution < 1.29 is 14.4 Å². The van der Waals surface area contributed by atoms with Crippen LogP contribution in [0.25, 0.3) is 0 Å². The van der Waals surface area contributed by atoms with Crippen molar-refractivity contribution in [1.29, 1.82) is 0 Å². The molecule has 3 heterocycles. The number of benzene rings is 1. The van der Waals surface area contributed by atoms with Crippen molar-refractivity contribution in [2.45, 2.75) is 51.6 Å². The Bertz CT molecular complexity index is 886. The number of aryl methyl sites for hydroxylation is 2. The minimum atomic E-state index is -1.16. The fourth-order valence-electron chi connectivity index (χ4n) is 5.35. The number of thioether (sulfide) groups is 1. The smallest absolute Gasteiger partial charge is 0.250 e. The van der Waals surface area contributed by atoms with Gasteiger partial charge in [0.15, 0.2) is 0 Å². The fourth-order valence-corrected chi connectivity index (χ4v) is 5.84. The summed E-state index contributed by atoms with van der Waals surface area (Å²) in [6.45, 7) is 6.45. The van der Waals surface area contributed by atoms with Gasteiger partial charge in [0.1, 0.15) is 5.54 Å². The first-order chi connectivity index (χ1) is 13.9. The summed E-state index contributed by atoms with van der Waals surface area (Å²) in [5.41, 5.74) is 2.47. The molecule has 0 saturated carbocycles. The number of amides is 3. The topological polar surface area (TPSA) is 78.5 Å². The van der Waals surface area contributed by atoms with Crippen LogP contribution in [0.2, 0.25) is 0 Å². The van der Waals surface area contributed by atoms with Crippen LogP contribution in [0.5, 0.6) is 0 Å². The van der Waals surface area contributed by atoms with E-state index in [4.69, 9.17) is 0 Å². The van der Waals surface area contributed by atoms with Crippen molar-refractivity contribution in [2.75, 3.05) is 23.9 Å². The van der Waals surface area contributed by atoms with E-state index in [2.05, 4.69) is 10.6 Å². The summed E-state index contributed by atoms with van der Waals surface area (Å²) in [6.07, 6.45) is 4.47. The van der Waals surface area contributed by atoms with Crippen LogP contribution >= 0.6 is 11.8 Å². The van der Waals surface area contributed by atoms with Gasteiger partial charge in [-0.05, 0) is 44.3 Å². The van der Waals surface area contributed by atoms with E-state index in [1.165, 1.54) is 4.90 Å². The number of carbonyl (C=O) groups is 3. The monoisotopic (exact) mass is 415 g/mol. The molecule has 6 nitrogen and oxygen atoms in total. The van der Waals surface area contributed by atoms with Gasteiger partial charge in [0.05, 0.1) is 11.8 Å². The first-order valence-corrected chi connectivity index (χ1v) is 11.8. The maximum atomic E-state index is 13.5. The molecule has 1 spiro atoms. The summed E-state index contributed by atoms with van der Waals surface area (Å²) in [4.78, 5) is 41.6. The number of nitrogens with one attached hydrogen (secondary N) is 2. The quantitative estimate of drug-likeness (QED) is 0.698. The molecule has 0 radical (unpaired) electrons. The van der Waals surface area contributed by atoms with Gasteiger partial charge in [0.2, 0.25) is 17.7 Å². The van der Waals surface area contributed by atoms with Crippen LogP contribution in [0.1, 0.15) is 42.9 Å². The minimum Gasteiger partial charge on any atom is -0.324 e.